The third-order valence-corrected chi connectivity index (χ3v) is 6.06. The second-order valence-corrected chi connectivity index (χ2v) is 8.32. The number of imidazole rings is 1. The van der Waals surface area contributed by atoms with Crippen LogP contribution in [0.3, 0.4) is 0 Å². The number of benzene rings is 2. The molecular formula is C25H24N4O. The molecule has 2 aromatic carbocycles. The number of nitrogens with two attached hydrogens (primary N) is 1. The van der Waals surface area contributed by atoms with Crippen molar-refractivity contribution < 1.29 is 4.79 Å². The lowest BCUT2D eigenvalue weighted by atomic mass is 9.80. The van der Waals surface area contributed by atoms with Crippen LogP contribution in [-0.2, 0) is 6.42 Å². The van der Waals surface area contributed by atoms with Gasteiger partial charge >= 0.3 is 0 Å². The maximum absolute atomic E-state index is 13.0. The molecule has 1 unspecified atom stereocenters. The molecule has 0 fully saturated rings. The van der Waals surface area contributed by atoms with E-state index in [1.165, 1.54) is 11.1 Å². The van der Waals surface area contributed by atoms with Crippen molar-refractivity contribution in [1.29, 1.82) is 0 Å². The molecule has 30 heavy (non-hydrogen) atoms. The standard InChI is InChI=1S/C25H24N4O/c1-15(2)16-8-10-17(11-9-16)18-12-20-22(21(30)13-18)23(26)24-25(28-20)29(14-27-24)19-6-4-3-5-7-19/h3-11,14-15,18H,12-13H2,1-2H3,(H2,26,28). The Hall–Kier alpha value is -3.47. The van der Waals surface area contributed by atoms with E-state index in [9.17, 15) is 4.79 Å². The highest BCUT2D eigenvalue weighted by atomic mass is 16.1. The molecule has 1 aliphatic carbocycles. The zero-order valence-corrected chi connectivity index (χ0v) is 17.2. The first kappa shape index (κ1) is 18.6. The zero-order valence-electron chi connectivity index (χ0n) is 17.2. The molecule has 5 rings (SSSR count). The van der Waals surface area contributed by atoms with Gasteiger partial charge in [0.2, 0.25) is 0 Å². The molecule has 0 bridgehead atoms. The fourth-order valence-electron chi connectivity index (χ4n) is 4.35. The summed E-state index contributed by atoms with van der Waals surface area (Å²) < 4.78 is 1.93. The number of hydrogen-bond acceptors (Lipinski definition) is 4. The number of hydrogen-bond donors (Lipinski definition) is 1. The van der Waals surface area contributed by atoms with Crippen LogP contribution in [0, 0.1) is 0 Å². The highest BCUT2D eigenvalue weighted by Gasteiger charge is 2.31. The molecule has 4 aromatic rings. The second-order valence-electron chi connectivity index (χ2n) is 8.32. The Balaban J connectivity index is 1.58. The highest BCUT2D eigenvalue weighted by Crippen LogP contribution is 2.37. The predicted octanol–water partition coefficient (Wildman–Crippen LogP) is 5.04. The van der Waals surface area contributed by atoms with Crippen molar-refractivity contribution in [2.45, 2.75) is 38.5 Å². The molecule has 1 atom stereocenters. The normalized spacial score (nSPS) is 16.2. The summed E-state index contributed by atoms with van der Waals surface area (Å²) in [6.45, 7) is 4.37. The predicted molar refractivity (Wildman–Crippen MR) is 119 cm³/mol. The molecule has 0 spiro atoms. The van der Waals surface area contributed by atoms with Crippen LogP contribution >= 0.6 is 0 Å². The largest absolute Gasteiger partial charge is 0.396 e. The molecule has 0 radical (unpaired) electrons. The SMILES string of the molecule is CC(C)c1ccc(C2CC(=O)c3c(nc4c(ncn4-c4ccccc4)c3N)C2)cc1. The van der Waals surface area contributed by atoms with E-state index >= 15 is 0 Å². The van der Waals surface area contributed by atoms with Crippen molar-refractivity contribution in [1.82, 2.24) is 14.5 Å². The quantitative estimate of drug-likeness (QED) is 0.526. The zero-order chi connectivity index (χ0) is 20.8. The number of fused-ring (bicyclic) bond motifs is 2. The van der Waals surface area contributed by atoms with Crippen LogP contribution in [0.4, 0.5) is 5.69 Å². The van der Waals surface area contributed by atoms with E-state index in [0.29, 0.717) is 41.2 Å². The van der Waals surface area contributed by atoms with Crippen molar-refractivity contribution in [3.8, 4) is 5.69 Å². The molecule has 2 heterocycles. The number of carbonyl (C=O) groups excluding carboxylic acids is 1. The van der Waals surface area contributed by atoms with Gasteiger partial charge in [-0.3, -0.25) is 9.36 Å². The van der Waals surface area contributed by atoms with Crippen molar-refractivity contribution >= 4 is 22.6 Å². The van der Waals surface area contributed by atoms with Crippen LogP contribution in [0.2, 0.25) is 0 Å². The number of pyridine rings is 1. The molecule has 0 amide bonds. The fraction of sp³-hybridized carbons (Fsp3) is 0.240. The van der Waals surface area contributed by atoms with Gasteiger partial charge in [0.05, 0.1) is 16.9 Å². The molecule has 2 N–H and O–H groups in total. The van der Waals surface area contributed by atoms with Crippen LogP contribution in [0.25, 0.3) is 16.9 Å². The first-order chi connectivity index (χ1) is 14.5. The minimum Gasteiger partial charge on any atom is -0.396 e. The Bertz CT molecular complexity index is 1240. The Kier molecular flexibility index (Phi) is 4.39. The number of para-hydroxylation sites is 1. The maximum Gasteiger partial charge on any atom is 0.167 e. The highest BCUT2D eigenvalue weighted by molar-refractivity contribution is 6.08. The van der Waals surface area contributed by atoms with Crippen molar-refractivity contribution in [3.05, 3.63) is 83.3 Å². The second kappa shape index (κ2) is 7.10. The van der Waals surface area contributed by atoms with Gasteiger partial charge in [-0.2, -0.15) is 0 Å². The molecule has 0 aliphatic heterocycles. The number of nitrogen functional groups attached to an aromatic ring is 1. The molecule has 2 aromatic heterocycles. The number of carbonyl (C=O) groups is 1. The number of nitrogens with zero attached hydrogens (tertiary/aromatic N) is 3. The first-order valence-electron chi connectivity index (χ1n) is 10.4. The number of ketones is 1. The molecule has 150 valence electrons. The van der Waals surface area contributed by atoms with E-state index in [-0.39, 0.29) is 11.7 Å². The number of rotatable bonds is 3. The van der Waals surface area contributed by atoms with Gasteiger partial charge in [0.1, 0.15) is 11.8 Å². The summed E-state index contributed by atoms with van der Waals surface area (Å²) in [6, 6.07) is 18.5. The average molecular weight is 396 g/mol. The lowest BCUT2D eigenvalue weighted by molar-refractivity contribution is 0.0964. The van der Waals surface area contributed by atoms with Crippen LogP contribution in [0.15, 0.2) is 60.9 Å². The van der Waals surface area contributed by atoms with Crippen LogP contribution in [-0.4, -0.2) is 20.3 Å². The number of aromatic nitrogens is 3. The molecular weight excluding hydrogens is 372 g/mol. The monoisotopic (exact) mass is 396 g/mol. The van der Waals surface area contributed by atoms with Crippen LogP contribution in [0.5, 0.6) is 0 Å². The van der Waals surface area contributed by atoms with E-state index in [2.05, 4.69) is 43.1 Å². The summed E-state index contributed by atoms with van der Waals surface area (Å²) in [5.74, 6) is 0.653. The van der Waals surface area contributed by atoms with Crippen molar-refractivity contribution in [3.63, 3.8) is 0 Å². The number of Topliss-reactive ketones (excluding diaryl/α,β-unsaturated/α-hetero) is 1. The lowest BCUT2D eigenvalue weighted by Crippen LogP contribution is -2.22. The van der Waals surface area contributed by atoms with Gasteiger partial charge in [0.25, 0.3) is 0 Å². The summed E-state index contributed by atoms with van der Waals surface area (Å²) in [5, 5.41) is 0. The summed E-state index contributed by atoms with van der Waals surface area (Å²) in [7, 11) is 0. The maximum atomic E-state index is 13.0. The molecule has 0 saturated heterocycles. The molecule has 5 nitrogen and oxygen atoms in total. The molecule has 5 heteroatoms. The van der Waals surface area contributed by atoms with E-state index in [1.54, 1.807) is 6.33 Å². The molecule has 1 aliphatic rings. The van der Waals surface area contributed by atoms with Gasteiger partial charge in [-0.15, -0.1) is 0 Å². The Morgan fingerprint density at radius 3 is 2.47 bits per heavy atom. The third-order valence-electron chi connectivity index (χ3n) is 6.06. The summed E-state index contributed by atoms with van der Waals surface area (Å²) >= 11 is 0. The van der Waals surface area contributed by atoms with Gasteiger partial charge in [-0.1, -0.05) is 56.3 Å². The summed E-state index contributed by atoms with van der Waals surface area (Å²) in [6.07, 6.45) is 2.87. The average Bonchev–Trinajstić information content (AvgIpc) is 3.18. The summed E-state index contributed by atoms with van der Waals surface area (Å²) in [4.78, 5) is 22.4. The van der Waals surface area contributed by atoms with Gasteiger partial charge in [-0.05, 0) is 41.5 Å². The van der Waals surface area contributed by atoms with E-state index in [0.717, 1.165) is 11.4 Å². The van der Waals surface area contributed by atoms with Crippen LogP contribution in [0.1, 0.15) is 59.3 Å². The molecule has 0 saturated carbocycles. The number of anilines is 1. The minimum absolute atomic E-state index is 0.0512. The third kappa shape index (κ3) is 2.98. The van der Waals surface area contributed by atoms with Gasteiger partial charge in [0, 0.05) is 12.1 Å². The Morgan fingerprint density at radius 2 is 1.77 bits per heavy atom. The Morgan fingerprint density at radius 1 is 1.03 bits per heavy atom. The van der Waals surface area contributed by atoms with Gasteiger partial charge in [0.15, 0.2) is 11.4 Å². The van der Waals surface area contributed by atoms with Crippen molar-refractivity contribution in [2.75, 3.05) is 5.73 Å². The smallest absolute Gasteiger partial charge is 0.167 e. The van der Waals surface area contributed by atoms with Gasteiger partial charge < -0.3 is 5.73 Å². The van der Waals surface area contributed by atoms with E-state index in [4.69, 9.17) is 10.7 Å². The fourth-order valence-corrected chi connectivity index (χ4v) is 4.35. The Labute approximate surface area is 175 Å². The van der Waals surface area contributed by atoms with Crippen molar-refractivity contribution in [2.24, 2.45) is 0 Å². The lowest BCUT2D eigenvalue weighted by Gasteiger charge is -2.25. The van der Waals surface area contributed by atoms with E-state index in [1.807, 2.05) is 34.9 Å². The van der Waals surface area contributed by atoms with Crippen LogP contribution < -0.4 is 5.73 Å². The van der Waals surface area contributed by atoms with E-state index < -0.39 is 0 Å². The first-order valence-corrected chi connectivity index (χ1v) is 10.4. The topological polar surface area (TPSA) is 73.8 Å². The van der Waals surface area contributed by atoms with Gasteiger partial charge in [-0.25, -0.2) is 9.97 Å². The minimum atomic E-state index is 0.0512. The summed E-state index contributed by atoms with van der Waals surface area (Å²) in [5.41, 5.74) is 12.9.